The molecule has 5 heteroatoms. The Hall–Kier alpha value is -2.82. The molecule has 3 heterocycles. The van der Waals surface area contributed by atoms with E-state index < -0.39 is 0 Å². The highest BCUT2D eigenvalue weighted by atomic mass is 16.5. The summed E-state index contributed by atoms with van der Waals surface area (Å²) in [6, 6.07) is 14.0. The third kappa shape index (κ3) is 2.76. The lowest BCUT2D eigenvalue weighted by atomic mass is 10.0. The number of rotatable bonds is 3. The molecule has 128 valence electrons. The summed E-state index contributed by atoms with van der Waals surface area (Å²) in [5, 5.41) is 0. The fourth-order valence-corrected chi connectivity index (χ4v) is 3.58. The Labute approximate surface area is 146 Å². The minimum absolute atomic E-state index is 0.00131. The number of hydrogen-bond donors (Lipinski definition) is 0. The second kappa shape index (κ2) is 6.24. The van der Waals surface area contributed by atoms with Gasteiger partial charge in [-0.05, 0) is 49.6 Å². The number of carbonyl (C=O) groups is 1. The maximum atomic E-state index is 13.1. The Morgan fingerprint density at radius 1 is 1.20 bits per heavy atom. The van der Waals surface area contributed by atoms with Gasteiger partial charge in [0, 0.05) is 18.4 Å². The van der Waals surface area contributed by atoms with E-state index in [1.807, 2.05) is 64.9 Å². The van der Waals surface area contributed by atoms with E-state index in [0.717, 1.165) is 42.0 Å². The number of benzene rings is 1. The zero-order valence-electron chi connectivity index (χ0n) is 14.5. The molecule has 0 N–H and O–H groups in total. The first-order valence-corrected chi connectivity index (χ1v) is 8.57. The molecule has 1 amide bonds. The minimum Gasteiger partial charge on any atom is -0.497 e. The van der Waals surface area contributed by atoms with Gasteiger partial charge in [-0.3, -0.25) is 4.79 Å². The van der Waals surface area contributed by atoms with E-state index in [0.29, 0.717) is 5.69 Å². The number of nitrogens with zero attached hydrogens (tertiary/aromatic N) is 3. The Bertz CT molecular complexity index is 914. The molecule has 4 rings (SSSR count). The summed E-state index contributed by atoms with van der Waals surface area (Å²) < 4.78 is 7.19. The van der Waals surface area contributed by atoms with Crippen LogP contribution in [0, 0.1) is 6.92 Å². The van der Waals surface area contributed by atoms with E-state index in [4.69, 9.17) is 4.74 Å². The van der Waals surface area contributed by atoms with Gasteiger partial charge in [0.1, 0.15) is 17.1 Å². The van der Waals surface area contributed by atoms with Gasteiger partial charge in [0.2, 0.25) is 0 Å². The van der Waals surface area contributed by atoms with Gasteiger partial charge in [-0.2, -0.15) is 0 Å². The summed E-state index contributed by atoms with van der Waals surface area (Å²) >= 11 is 0. The molecule has 0 spiro atoms. The molecule has 1 aliphatic rings. The number of carbonyl (C=O) groups excluding carboxylic acids is 1. The number of hydrogen-bond acceptors (Lipinski definition) is 3. The summed E-state index contributed by atoms with van der Waals surface area (Å²) in [6.45, 7) is 2.78. The fourth-order valence-electron chi connectivity index (χ4n) is 3.58. The van der Waals surface area contributed by atoms with Crippen LogP contribution in [0.2, 0.25) is 0 Å². The Morgan fingerprint density at radius 2 is 2.00 bits per heavy atom. The zero-order valence-corrected chi connectivity index (χ0v) is 14.5. The van der Waals surface area contributed by atoms with Crippen LogP contribution in [0.25, 0.3) is 5.65 Å². The summed E-state index contributed by atoms with van der Waals surface area (Å²) in [7, 11) is 1.66. The van der Waals surface area contributed by atoms with Gasteiger partial charge < -0.3 is 14.0 Å². The van der Waals surface area contributed by atoms with Gasteiger partial charge in [0.15, 0.2) is 0 Å². The van der Waals surface area contributed by atoms with Gasteiger partial charge in [-0.25, -0.2) is 4.98 Å². The molecular weight excluding hydrogens is 314 g/mol. The highest BCUT2D eigenvalue weighted by Gasteiger charge is 2.31. The number of likely N-dealkylation sites (tertiary alicyclic amines) is 1. The highest BCUT2D eigenvalue weighted by Crippen LogP contribution is 2.33. The van der Waals surface area contributed by atoms with Crippen LogP contribution in [0.1, 0.15) is 40.6 Å². The number of methoxy groups -OCH3 is 1. The van der Waals surface area contributed by atoms with Gasteiger partial charge in [-0.1, -0.05) is 18.2 Å². The highest BCUT2D eigenvalue weighted by molar-refractivity contribution is 5.93. The predicted molar refractivity (Wildman–Crippen MR) is 95.9 cm³/mol. The molecule has 5 nitrogen and oxygen atoms in total. The lowest BCUT2D eigenvalue weighted by Gasteiger charge is -2.24. The zero-order chi connectivity index (χ0) is 17.4. The van der Waals surface area contributed by atoms with Gasteiger partial charge in [-0.15, -0.1) is 0 Å². The summed E-state index contributed by atoms with van der Waals surface area (Å²) in [4.78, 5) is 19.5. The first-order chi connectivity index (χ1) is 12.2. The van der Waals surface area contributed by atoms with Crippen molar-refractivity contribution in [1.82, 2.24) is 14.3 Å². The van der Waals surface area contributed by atoms with Crippen LogP contribution in [0.15, 0.2) is 48.7 Å². The topological polar surface area (TPSA) is 46.8 Å². The Kier molecular flexibility index (Phi) is 3.92. The molecule has 0 aliphatic carbocycles. The van der Waals surface area contributed by atoms with Crippen molar-refractivity contribution in [2.24, 2.45) is 0 Å². The van der Waals surface area contributed by atoms with Gasteiger partial charge >= 0.3 is 0 Å². The second-order valence-corrected chi connectivity index (χ2v) is 6.45. The molecule has 25 heavy (non-hydrogen) atoms. The molecule has 1 saturated heterocycles. The first kappa shape index (κ1) is 15.7. The number of fused-ring (bicyclic) bond motifs is 1. The van der Waals surface area contributed by atoms with E-state index in [1.165, 1.54) is 0 Å². The number of aryl methyl sites for hydroxylation is 1. The van der Waals surface area contributed by atoms with E-state index in [-0.39, 0.29) is 11.9 Å². The lowest BCUT2D eigenvalue weighted by Crippen LogP contribution is -2.30. The molecule has 1 aliphatic heterocycles. The molecule has 2 aromatic heterocycles. The van der Waals surface area contributed by atoms with Crippen molar-refractivity contribution in [2.45, 2.75) is 25.8 Å². The first-order valence-electron chi connectivity index (χ1n) is 8.57. The average molecular weight is 335 g/mol. The number of imidazole rings is 1. The average Bonchev–Trinajstić information content (AvgIpc) is 3.29. The molecule has 1 aromatic carbocycles. The predicted octanol–water partition coefficient (Wildman–Crippen LogP) is 3.63. The van der Waals surface area contributed by atoms with E-state index in [9.17, 15) is 4.79 Å². The molecule has 0 radical (unpaired) electrons. The number of aromatic nitrogens is 2. The van der Waals surface area contributed by atoms with Crippen molar-refractivity contribution >= 4 is 11.6 Å². The van der Waals surface area contributed by atoms with Crippen LogP contribution in [-0.2, 0) is 0 Å². The maximum absolute atomic E-state index is 13.1. The Morgan fingerprint density at radius 3 is 2.72 bits per heavy atom. The summed E-state index contributed by atoms with van der Waals surface area (Å²) in [5.41, 5.74) is 3.53. The van der Waals surface area contributed by atoms with Crippen molar-refractivity contribution in [3.05, 3.63) is 65.6 Å². The Balaban J connectivity index is 1.64. The van der Waals surface area contributed by atoms with Crippen LogP contribution in [0.4, 0.5) is 0 Å². The summed E-state index contributed by atoms with van der Waals surface area (Å²) in [5.74, 6) is 0.830. The van der Waals surface area contributed by atoms with Crippen LogP contribution in [0.5, 0.6) is 5.75 Å². The molecule has 0 bridgehead atoms. The summed E-state index contributed by atoms with van der Waals surface area (Å²) in [6.07, 6.45) is 3.83. The second-order valence-electron chi connectivity index (χ2n) is 6.45. The van der Waals surface area contributed by atoms with Crippen molar-refractivity contribution < 1.29 is 9.53 Å². The minimum atomic E-state index is 0.00131. The largest absolute Gasteiger partial charge is 0.497 e. The van der Waals surface area contributed by atoms with Crippen molar-refractivity contribution in [3.63, 3.8) is 0 Å². The molecule has 0 saturated carbocycles. The van der Waals surface area contributed by atoms with E-state index in [1.54, 1.807) is 7.11 Å². The smallest absolute Gasteiger partial charge is 0.274 e. The number of amides is 1. The molecule has 1 atom stereocenters. The lowest BCUT2D eigenvalue weighted by molar-refractivity contribution is 0.0730. The van der Waals surface area contributed by atoms with Crippen LogP contribution >= 0.6 is 0 Å². The molecule has 0 unspecified atom stereocenters. The quantitative estimate of drug-likeness (QED) is 0.734. The third-order valence-electron chi connectivity index (χ3n) is 4.93. The number of pyridine rings is 1. The standard InChI is InChI=1S/C20H21N3O2/c1-14-5-3-7-19-21-17(13-23(14)19)20(24)22-12-4-6-18(22)15-8-10-16(25-2)11-9-15/h3,5,7-11,13,18H,4,6,12H2,1-2H3/t18-/m0/s1. The van der Waals surface area contributed by atoms with Crippen LogP contribution in [0.3, 0.4) is 0 Å². The van der Waals surface area contributed by atoms with Crippen molar-refractivity contribution in [2.75, 3.05) is 13.7 Å². The normalized spacial score (nSPS) is 17.2. The molecular formula is C20H21N3O2. The number of ether oxygens (including phenoxy) is 1. The van der Waals surface area contributed by atoms with E-state index >= 15 is 0 Å². The van der Waals surface area contributed by atoms with Crippen molar-refractivity contribution in [1.29, 1.82) is 0 Å². The molecule has 1 fully saturated rings. The fraction of sp³-hybridized carbons (Fsp3) is 0.300. The van der Waals surface area contributed by atoms with Crippen LogP contribution in [-0.4, -0.2) is 33.8 Å². The third-order valence-corrected chi connectivity index (χ3v) is 4.93. The molecule has 3 aromatic rings. The van der Waals surface area contributed by atoms with E-state index in [2.05, 4.69) is 4.98 Å². The van der Waals surface area contributed by atoms with Crippen LogP contribution < -0.4 is 4.74 Å². The monoisotopic (exact) mass is 335 g/mol. The maximum Gasteiger partial charge on any atom is 0.274 e. The van der Waals surface area contributed by atoms with Gasteiger partial charge in [0.05, 0.1) is 13.2 Å². The van der Waals surface area contributed by atoms with Crippen molar-refractivity contribution in [3.8, 4) is 5.75 Å². The SMILES string of the molecule is COc1ccc([C@@H]2CCCN2C(=O)c2cn3c(C)cccc3n2)cc1. The van der Waals surface area contributed by atoms with Gasteiger partial charge in [0.25, 0.3) is 5.91 Å².